The molecule has 2 aromatic carbocycles. The molecule has 0 saturated carbocycles. The zero-order valence-electron chi connectivity index (χ0n) is 16.1. The Labute approximate surface area is 162 Å². The Balaban J connectivity index is 1.45. The fourth-order valence-corrected chi connectivity index (χ4v) is 4.91. The fraction of sp³-hybridized carbons (Fsp3) is 0.458. The summed E-state index contributed by atoms with van der Waals surface area (Å²) < 4.78 is 5.17. The molecule has 0 spiro atoms. The van der Waals surface area contributed by atoms with Crippen LogP contribution in [0.2, 0.25) is 0 Å². The van der Waals surface area contributed by atoms with E-state index in [4.69, 9.17) is 4.74 Å². The second-order valence-corrected chi connectivity index (χ2v) is 8.06. The molecule has 0 amide bonds. The van der Waals surface area contributed by atoms with Crippen molar-refractivity contribution in [2.45, 2.75) is 57.3 Å². The first-order valence-corrected chi connectivity index (χ1v) is 10.2. The van der Waals surface area contributed by atoms with Crippen LogP contribution in [0.5, 0.6) is 0 Å². The van der Waals surface area contributed by atoms with Crippen molar-refractivity contribution in [2.24, 2.45) is 5.92 Å². The number of ether oxygens (including phenoxy) is 1. The second-order valence-electron chi connectivity index (χ2n) is 8.06. The van der Waals surface area contributed by atoms with Crippen molar-refractivity contribution in [2.75, 3.05) is 7.11 Å². The minimum Gasteiger partial charge on any atom is -0.380 e. The number of rotatable bonds is 6. The molecule has 27 heavy (non-hydrogen) atoms. The van der Waals surface area contributed by atoms with E-state index >= 15 is 0 Å². The van der Waals surface area contributed by atoms with Crippen LogP contribution in [0.15, 0.2) is 54.6 Å². The van der Waals surface area contributed by atoms with E-state index in [0.717, 1.165) is 30.5 Å². The van der Waals surface area contributed by atoms with E-state index in [1.807, 2.05) is 24.3 Å². The number of Topliss-reactive ketones (excluding diaryl/α,β-unsaturated/α-hetero) is 1. The number of carbonyl (C=O) groups is 1. The Kier molecular flexibility index (Phi) is 5.70. The number of ketones is 1. The molecule has 2 saturated heterocycles. The van der Waals surface area contributed by atoms with E-state index in [1.54, 1.807) is 7.11 Å². The Bertz CT molecular complexity index is 742. The van der Waals surface area contributed by atoms with Crippen molar-refractivity contribution < 1.29 is 9.53 Å². The molecular formula is C24H29NO2. The standard InChI is InChI=1S/C24H29NO2/c1-27-17-19-10-12-20(13-11-19)24(26)21-14-22-8-5-9-23(15-21)25(22)16-18-6-3-2-4-7-18/h2-4,6-7,10-13,21-23H,5,8-9,14-17H2,1H3. The van der Waals surface area contributed by atoms with Gasteiger partial charge in [0.2, 0.25) is 0 Å². The minimum atomic E-state index is 0.167. The highest BCUT2D eigenvalue weighted by molar-refractivity contribution is 5.98. The summed E-state index contributed by atoms with van der Waals surface area (Å²) in [5.41, 5.74) is 3.35. The summed E-state index contributed by atoms with van der Waals surface area (Å²) >= 11 is 0. The van der Waals surface area contributed by atoms with Crippen molar-refractivity contribution in [3.63, 3.8) is 0 Å². The molecule has 0 radical (unpaired) electrons. The summed E-state index contributed by atoms with van der Waals surface area (Å²) in [5, 5.41) is 0. The second kappa shape index (κ2) is 8.37. The van der Waals surface area contributed by atoms with Crippen molar-refractivity contribution in [3.05, 3.63) is 71.3 Å². The smallest absolute Gasteiger partial charge is 0.166 e. The summed E-state index contributed by atoms with van der Waals surface area (Å²) in [6.07, 6.45) is 5.75. The van der Waals surface area contributed by atoms with Gasteiger partial charge in [-0.15, -0.1) is 0 Å². The molecule has 0 aromatic heterocycles. The lowest BCUT2D eigenvalue weighted by Gasteiger charge is -2.48. The summed E-state index contributed by atoms with van der Waals surface area (Å²) in [6, 6.07) is 19.8. The zero-order chi connectivity index (χ0) is 18.6. The number of hydrogen-bond acceptors (Lipinski definition) is 3. The van der Waals surface area contributed by atoms with E-state index in [2.05, 4.69) is 35.2 Å². The Morgan fingerprint density at radius 2 is 1.63 bits per heavy atom. The Morgan fingerprint density at radius 3 is 2.26 bits per heavy atom. The fourth-order valence-electron chi connectivity index (χ4n) is 4.91. The van der Waals surface area contributed by atoms with E-state index in [-0.39, 0.29) is 5.92 Å². The minimum absolute atomic E-state index is 0.167. The molecule has 2 bridgehead atoms. The summed E-state index contributed by atoms with van der Waals surface area (Å²) in [5.74, 6) is 0.496. The molecular weight excluding hydrogens is 334 g/mol. The third-order valence-corrected chi connectivity index (χ3v) is 6.25. The van der Waals surface area contributed by atoms with Gasteiger partial charge in [-0.1, -0.05) is 61.0 Å². The molecule has 2 aromatic rings. The van der Waals surface area contributed by atoms with Crippen LogP contribution in [-0.4, -0.2) is 29.9 Å². The van der Waals surface area contributed by atoms with Crippen LogP contribution < -0.4 is 0 Å². The van der Waals surface area contributed by atoms with Crippen LogP contribution in [0.1, 0.15) is 53.6 Å². The average molecular weight is 364 g/mol. The maximum absolute atomic E-state index is 13.1. The topological polar surface area (TPSA) is 29.5 Å². The van der Waals surface area contributed by atoms with E-state index in [9.17, 15) is 4.79 Å². The van der Waals surface area contributed by atoms with Gasteiger partial charge in [0.15, 0.2) is 5.78 Å². The molecule has 0 N–H and O–H groups in total. The van der Waals surface area contributed by atoms with Crippen LogP contribution in [0.25, 0.3) is 0 Å². The highest BCUT2D eigenvalue weighted by Crippen LogP contribution is 2.39. The van der Waals surface area contributed by atoms with Crippen LogP contribution >= 0.6 is 0 Å². The number of methoxy groups -OCH3 is 1. The maximum Gasteiger partial charge on any atom is 0.166 e. The first-order valence-electron chi connectivity index (χ1n) is 10.2. The largest absolute Gasteiger partial charge is 0.380 e. The molecule has 2 aliphatic rings. The highest BCUT2D eigenvalue weighted by Gasteiger charge is 2.40. The normalized spacial score (nSPS) is 25.3. The van der Waals surface area contributed by atoms with Crippen molar-refractivity contribution in [1.82, 2.24) is 4.90 Å². The van der Waals surface area contributed by atoms with Crippen LogP contribution in [0.4, 0.5) is 0 Å². The number of nitrogens with zero attached hydrogens (tertiary/aromatic N) is 1. The van der Waals surface area contributed by atoms with Gasteiger partial charge >= 0.3 is 0 Å². The average Bonchev–Trinajstić information content (AvgIpc) is 2.69. The number of benzene rings is 2. The first kappa shape index (κ1) is 18.4. The summed E-state index contributed by atoms with van der Waals surface area (Å²) in [6.45, 7) is 1.61. The van der Waals surface area contributed by atoms with Gasteiger partial charge in [0, 0.05) is 37.2 Å². The van der Waals surface area contributed by atoms with Crippen molar-refractivity contribution in [3.8, 4) is 0 Å². The molecule has 4 rings (SSSR count). The van der Waals surface area contributed by atoms with Crippen LogP contribution in [0, 0.1) is 5.92 Å². The van der Waals surface area contributed by atoms with Crippen molar-refractivity contribution in [1.29, 1.82) is 0 Å². The van der Waals surface area contributed by atoms with Crippen molar-refractivity contribution >= 4 is 5.78 Å². The van der Waals surface area contributed by atoms with Gasteiger partial charge in [0.25, 0.3) is 0 Å². The van der Waals surface area contributed by atoms with Gasteiger partial charge in [-0.3, -0.25) is 9.69 Å². The zero-order valence-corrected chi connectivity index (χ0v) is 16.1. The van der Waals surface area contributed by atoms with Crippen LogP contribution in [0.3, 0.4) is 0 Å². The predicted octanol–water partition coefficient (Wildman–Crippen LogP) is 4.85. The molecule has 142 valence electrons. The molecule has 2 heterocycles. The number of piperidine rings is 2. The van der Waals surface area contributed by atoms with E-state index < -0.39 is 0 Å². The van der Waals surface area contributed by atoms with Crippen LogP contribution in [-0.2, 0) is 17.9 Å². The molecule has 2 fully saturated rings. The Morgan fingerprint density at radius 1 is 0.963 bits per heavy atom. The summed E-state index contributed by atoms with van der Waals surface area (Å²) in [4.78, 5) is 15.8. The van der Waals surface area contributed by atoms with Gasteiger partial charge in [-0.25, -0.2) is 0 Å². The third-order valence-electron chi connectivity index (χ3n) is 6.25. The quantitative estimate of drug-likeness (QED) is 0.687. The molecule has 0 aliphatic carbocycles. The molecule has 2 unspecified atom stereocenters. The number of carbonyl (C=O) groups excluding carboxylic acids is 1. The number of fused-ring (bicyclic) bond motifs is 2. The number of hydrogen-bond donors (Lipinski definition) is 0. The van der Waals surface area contributed by atoms with Gasteiger partial charge in [0.05, 0.1) is 6.61 Å². The monoisotopic (exact) mass is 363 g/mol. The van der Waals surface area contributed by atoms with E-state index in [1.165, 1.54) is 24.8 Å². The third kappa shape index (κ3) is 4.15. The molecule has 3 heteroatoms. The first-order chi connectivity index (χ1) is 13.2. The molecule has 2 atom stereocenters. The lowest BCUT2D eigenvalue weighted by Crippen LogP contribution is -2.52. The maximum atomic E-state index is 13.1. The lowest BCUT2D eigenvalue weighted by molar-refractivity contribution is 0.00906. The predicted molar refractivity (Wildman–Crippen MR) is 108 cm³/mol. The van der Waals surface area contributed by atoms with Gasteiger partial charge < -0.3 is 4.74 Å². The van der Waals surface area contributed by atoms with Gasteiger partial charge in [-0.05, 0) is 36.8 Å². The lowest BCUT2D eigenvalue weighted by atomic mass is 9.75. The van der Waals surface area contributed by atoms with Gasteiger partial charge in [0.1, 0.15) is 0 Å². The molecule has 2 aliphatic heterocycles. The SMILES string of the molecule is COCc1ccc(C(=O)C2CC3CCCC(C2)N3Cc2ccccc2)cc1. The summed E-state index contributed by atoms with van der Waals surface area (Å²) in [7, 11) is 1.70. The van der Waals surface area contributed by atoms with Gasteiger partial charge in [-0.2, -0.15) is 0 Å². The van der Waals surface area contributed by atoms with E-state index in [0.29, 0.717) is 24.5 Å². The highest BCUT2D eigenvalue weighted by atomic mass is 16.5. The Hall–Kier alpha value is -1.97. The molecule has 3 nitrogen and oxygen atoms in total.